The number of nitrogens with zero attached hydrogens (tertiary/aromatic N) is 3. The lowest BCUT2D eigenvalue weighted by Gasteiger charge is -2.34. The number of carbonyl (C=O) groups is 1. The molecule has 1 aliphatic rings. The molecule has 0 N–H and O–H groups in total. The predicted molar refractivity (Wildman–Crippen MR) is 118 cm³/mol. The Morgan fingerprint density at radius 2 is 1.66 bits per heavy atom. The molecule has 2 aromatic carbocycles. The van der Waals surface area contributed by atoms with Gasteiger partial charge in [0.05, 0.1) is 13.7 Å². The quantitative estimate of drug-likeness (QED) is 0.691. The zero-order valence-electron chi connectivity index (χ0n) is 17.5. The fourth-order valence-electron chi connectivity index (χ4n) is 3.44. The van der Waals surface area contributed by atoms with Crippen LogP contribution in [-0.2, 0) is 11.3 Å². The number of piperazine rings is 1. The average Bonchev–Trinajstić information content (AvgIpc) is 2.76. The fraction of sp³-hybridized carbons (Fsp3) is 0.375. The summed E-state index contributed by atoms with van der Waals surface area (Å²) in [5.74, 6) is 0.998. The van der Waals surface area contributed by atoms with Gasteiger partial charge < -0.3 is 9.64 Å². The van der Waals surface area contributed by atoms with Gasteiger partial charge in [-0.25, -0.2) is 0 Å². The number of hydrogen-bond donors (Lipinski definition) is 0. The van der Waals surface area contributed by atoms with Gasteiger partial charge in [0.1, 0.15) is 5.75 Å². The van der Waals surface area contributed by atoms with Crippen LogP contribution in [0.3, 0.4) is 0 Å². The third kappa shape index (κ3) is 6.73. The van der Waals surface area contributed by atoms with Gasteiger partial charge in [-0.15, -0.1) is 0 Å². The Labute approximate surface area is 174 Å². The van der Waals surface area contributed by atoms with Crippen LogP contribution in [0, 0.1) is 0 Å². The third-order valence-electron chi connectivity index (χ3n) is 5.30. The monoisotopic (exact) mass is 393 g/mol. The second-order valence-electron chi connectivity index (χ2n) is 7.49. The zero-order valence-corrected chi connectivity index (χ0v) is 17.5. The minimum atomic E-state index is 0.165. The number of ether oxygens (including phenoxy) is 1. The largest absolute Gasteiger partial charge is 0.497 e. The lowest BCUT2D eigenvalue weighted by atomic mass is 10.2. The Hall–Kier alpha value is -2.63. The number of rotatable bonds is 8. The topological polar surface area (TPSA) is 36.0 Å². The number of hydrogen-bond acceptors (Lipinski definition) is 4. The molecule has 1 fully saturated rings. The van der Waals surface area contributed by atoms with E-state index in [1.54, 1.807) is 12.0 Å². The predicted octanol–water partition coefficient (Wildman–Crippen LogP) is 2.98. The Balaban J connectivity index is 1.38. The lowest BCUT2D eigenvalue weighted by Crippen LogP contribution is -2.49. The molecule has 3 rings (SSSR count). The molecule has 1 aliphatic heterocycles. The molecule has 0 unspecified atom stereocenters. The fourth-order valence-corrected chi connectivity index (χ4v) is 3.44. The average molecular weight is 394 g/mol. The van der Waals surface area contributed by atoms with Gasteiger partial charge in [0.15, 0.2) is 0 Å². The summed E-state index contributed by atoms with van der Waals surface area (Å²) < 4.78 is 5.18. The molecule has 1 heterocycles. The van der Waals surface area contributed by atoms with Crippen LogP contribution in [0.15, 0.2) is 60.7 Å². The molecule has 2 aromatic rings. The summed E-state index contributed by atoms with van der Waals surface area (Å²) in [6.07, 6.45) is 4.39. The van der Waals surface area contributed by atoms with E-state index in [9.17, 15) is 4.79 Å². The summed E-state index contributed by atoms with van der Waals surface area (Å²) in [6.45, 7) is 5.91. The van der Waals surface area contributed by atoms with Crippen LogP contribution in [0.5, 0.6) is 5.75 Å². The highest BCUT2D eigenvalue weighted by molar-refractivity contribution is 5.78. The molecule has 1 saturated heterocycles. The maximum absolute atomic E-state index is 12.6. The van der Waals surface area contributed by atoms with Crippen molar-refractivity contribution >= 4 is 12.0 Å². The van der Waals surface area contributed by atoms with E-state index in [4.69, 9.17) is 4.74 Å². The van der Waals surface area contributed by atoms with Crippen LogP contribution in [0.4, 0.5) is 0 Å². The Kier molecular flexibility index (Phi) is 7.85. The normalized spacial score (nSPS) is 15.5. The molecular weight excluding hydrogens is 362 g/mol. The first-order valence-corrected chi connectivity index (χ1v) is 10.2. The highest BCUT2D eigenvalue weighted by atomic mass is 16.5. The molecule has 0 aromatic heterocycles. The Bertz CT molecular complexity index is 782. The van der Waals surface area contributed by atoms with Gasteiger partial charge in [-0.1, -0.05) is 54.6 Å². The van der Waals surface area contributed by atoms with Crippen LogP contribution in [0.1, 0.15) is 11.1 Å². The van der Waals surface area contributed by atoms with E-state index in [1.165, 1.54) is 5.56 Å². The van der Waals surface area contributed by atoms with E-state index in [0.717, 1.165) is 44.0 Å². The van der Waals surface area contributed by atoms with Crippen molar-refractivity contribution in [2.24, 2.45) is 0 Å². The van der Waals surface area contributed by atoms with Gasteiger partial charge in [-0.3, -0.25) is 14.6 Å². The Morgan fingerprint density at radius 3 is 2.31 bits per heavy atom. The SMILES string of the molecule is COc1ccc(CN(C)C(=O)CN2CCN(C/C=C/c3ccccc3)CC2)cc1. The number of likely N-dealkylation sites (N-methyl/N-ethyl adjacent to an activating group) is 1. The molecule has 154 valence electrons. The molecule has 0 atom stereocenters. The van der Waals surface area contributed by atoms with Gasteiger partial charge in [0, 0.05) is 46.3 Å². The zero-order chi connectivity index (χ0) is 20.5. The molecule has 0 spiro atoms. The smallest absolute Gasteiger partial charge is 0.236 e. The molecule has 1 amide bonds. The molecular formula is C24H31N3O2. The minimum Gasteiger partial charge on any atom is -0.497 e. The van der Waals surface area contributed by atoms with E-state index in [1.807, 2.05) is 37.4 Å². The van der Waals surface area contributed by atoms with Crippen molar-refractivity contribution in [1.29, 1.82) is 0 Å². The third-order valence-corrected chi connectivity index (χ3v) is 5.30. The second-order valence-corrected chi connectivity index (χ2v) is 7.49. The molecule has 0 bridgehead atoms. The maximum Gasteiger partial charge on any atom is 0.236 e. The summed E-state index contributed by atoms with van der Waals surface area (Å²) in [4.78, 5) is 19.1. The van der Waals surface area contributed by atoms with Crippen molar-refractivity contribution in [1.82, 2.24) is 14.7 Å². The van der Waals surface area contributed by atoms with Crippen molar-refractivity contribution in [2.75, 3.05) is 53.4 Å². The lowest BCUT2D eigenvalue weighted by molar-refractivity contribution is -0.132. The first kappa shape index (κ1) is 21.1. The minimum absolute atomic E-state index is 0.165. The van der Waals surface area contributed by atoms with E-state index in [2.05, 4.69) is 46.2 Å². The van der Waals surface area contributed by atoms with E-state index in [-0.39, 0.29) is 5.91 Å². The Morgan fingerprint density at radius 1 is 1.00 bits per heavy atom. The molecule has 0 saturated carbocycles. The standard InChI is InChI=1S/C24H31N3O2/c1-25(19-22-10-12-23(29-2)13-11-22)24(28)20-27-17-15-26(16-18-27)14-6-9-21-7-4-3-5-8-21/h3-13H,14-20H2,1-2H3/b9-6+. The van der Waals surface area contributed by atoms with Gasteiger partial charge in [-0.05, 0) is 23.3 Å². The number of amides is 1. The first-order chi connectivity index (χ1) is 14.1. The van der Waals surface area contributed by atoms with Gasteiger partial charge in [0.2, 0.25) is 5.91 Å². The summed E-state index contributed by atoms with van der Waals surface area (Å²) in [6, 6.07) is 18.2. The van der Waals surface area contributed by atoms with Gasteiger partial charge >= 0.3 is 0 Å². The van der Waals surface area contributed by atoms with Crippen molar-refractivity contribution in [3.8, 4) is 5.75 Å². The van der Waals surface area contributed by atoms with Crippen molar-refractivity contribution in [3.63, 3.8) is 0 Å². The summed E-state index contributed by atoms with van der Waals surface area (Å²) in [5.41, 5.74) is 2.34. The maximum atomic E-state index is 12.6. The van der Waals surface area contributed by atoms with Crippen LogP contribution < -0.4 is 4.74 Å². The molecule has 5 heteroatoms. The summed E-state index contributed by atoms with van der Waals surface area (Å²) >= 11 is 0. The van der Waals surface area contributed by atoms with Crippen LogP contribution in [-0.4, -0.2) is 74.0 Å². The van der Waals surface area contributed by atoms with Crippen LogP contribution >= 0.6 is 0 Å². The number of carbonyl (C=O) groups excluding carboxylic acids is 1. The molecule has 0 aliphatic carbocycles. The van der Waals surface area contributed by atoms with Gasteiger partial charge in [0.25, 0.3) is 0 Å². The number of methoxy groups -OCH3 is 1. The molecule has 0 radical (unpaired) electrons. The summed E-state index contributed by atoms with van der Waals surface area (Å²) in [7, 11) is 3.53. The van der Waals surface area contributed by atoms with Gasteiger partial charge in [-0.2, -0.15) is 0 Å². The highest BCUT2D eigenvalue weighted by Gasteiger charge is 2.20. The number of benzene rings is 2. The van der Waals surface area contributed by atoms with Crippen molar-refractivity contribution in [3.05, 3.63) is 71.8 Å². The van der Waals surface area contributed by atoms with E-state index in [0.29, 0.717) is 13.1 Å². The van der Waals surface area contributed by atoms with E-state index < -0.39 is 0 Å². The highest BCUT2D eigenvalue weighted by Crippen LogP contribution is 2.13. The van der Waals surface area contributed by atoms with Crippen LogP contribution in [0.25, 0.3) is 6.08 Å². The second kappa shape index (κ2) is 10.8. The van der Waals surface area contributed by atoms with Crippen LogP contribution in [0.2, 0.25) is 0 Å². The molecule has 5 nitrogen and oxygen atoms in total. The van der Waals surface area contributed by atoms with Crippen molar-refractivity contribution in [2.45, 2.75) is 6.54 Å². The molecule has 29 heavy (non-hydrogen) atoms. The first-order valence-electron chi connectivity index (χ1n) is 10.2. The van der Waals surface area contributed by atoms with E-state index >= 15 is 0 Å². The van der Waals surface area contributed by atoms with Crippen molar-refractivity contribution < 1.29 is 9.53 Å². The summed E-state index contributed by atoms with van der Waals surface area (Å²) in [5, 5.41) is 0.